The highest BCUT2D eigenvalue weighted by molar-refractivity contribution is 5.31. The number of aromatic nitrogens is 2. The first-order valence-electron chi connectivity index (χ1n) is 6.26. The van der Waals surface area contributed by atoms with Crippen LogP contribution < -0.4 is 5.73 Å². The predicted molar refractivity (Wildman–Crippen MR) is 73.5 cm³/mol. The molecule has 0 radical (unpaired) electrons. The third-order valence-electron chi connectivity index (χ3n) is 3.10. The monoisotopic (exact) mass is 241 g/mol. The van der Waals surface area contributed by atoms with Crippen LogP contribution in [0.15, 0.2) is 30.5 Å². The summed E-state index contributed by atoms with van der Waals surface area (Å²) in [6.45, 7) is 4.88. The van der Waals surface area contributed by atoms with Gasteiger partial charge in [0.25, 0.3) is 0 Å². The van der Waals surface area contributed by atoms with E-state index in [0.29, 0.717) is 6.54 Å². The smallest absolute Gasteiger partial charge is 0.132 e. The molecule has 2 N–H and O–H groups in total. The van der Waals surface area contributed by atoms with E-state index >= 15 is 0 Å². The highest BCUT2D eigenvalue weighted by Crippen LogP contribution is 2.12. The summed E-state index contributed by atoms with van der Waals surface area (Å²) in [5, 5.41) is 0. The second kappa shape index (κ2) is 5.74. The van der Waals surface area contributed by atoms with Crippen molar-refractivity contribution in [2.24, 2.45) is 5.73 Å². The first-order valence-corrected chi connectivity index (χ1v) is 6.26. The van der Waals surface area contributed by atoms with E-state index in [-0.39, 0.29) is 0 Å². The normalized spacial score (nSPS) is 10.6. The Bertz CT molecular complexity index is 535. The minimum atomic E-state index is 0.625. The molecule has 1 heterocycles. The quantitative estimate of drug-likeness (QED) is 0.892. The molecule has 1 aromatic heterocycles. The summed E-state index contributed by atoms with van der Waals surface area (Å²) in [5.74, 6) is 0.865. The molecule has 0 aliphatic rings. The van der Waals surface area contributed by atoms with Crippen LogP contribution in [0.1, 0.15) is 28.2 Å². The molecule has 0 aliphatic heterocycles. The summed E-state index contributed by atoms with van der Waals surface area (Å²) < 4.78 is 0. The van der Waals surface area contributed by atoms with Gasteiger partial charge in [-0.15, -0.1) is 0 Å². The van der Waals surface area contributed by atoms with E-state index in [1.807, 2.05) is 12.3 Å². The molecule has 0 atom stereocenters. The molecule has 0 spiro atoms. The fourth-order valence-electron chi connectivity index (χ4n) is 1.91. The molecule has 94 valence electrons. The van der Waals surface area contributed by atoms with Crippen LogP contribution in [-0.2, 0) is 12.8 Å². The van der Waals surface area contributed by atoms with Crippen LogP contribution in [0.4, 0.5) is 0 Å². The van der Waals surface area contributed by atoms with E-state index in [1.165, 1.54) is 16.7 Å². The van der Waals surface area contributed by atoms with Gasteiger partial charge >= 0.3 is 0 Å². The number of hydrogen-bond acceptors (Lipinski definition) is 3. The highest BCUT2D eigenvalue weighted by atomic mass is 14.9. The molecule has 1 aromatic carbocycles. The van der Waals surface area contributed by atoms with E-state index in [4.69, 9.17) is 5.73 Å². The van der Waals surface area contributed by atoms with Gasteiger partial charge in [0.2, 0.25) is 0 Å². The maximum atomic E-state index is 5.54. The average Bonchev–Trinajstić information content (AvgIpc) is 2.35. The Labute approximate surface area is 108 Å². The zero-order valence-corrected chi connectivity index (χ0v) is 11.0. The molecule has 0 saturated heterocycles. The number of hydrogen-bond donors (Lipinski definition) is 1. The second-order valence-electron chi connectivity index (χ2n) is 4.60. The highest BCUT2D eigenvalue weighted by Gasteiger charge is 2.02. The van der Waals surface area contributed by atoms with Gasteiger partial charge in [0, 0.05) is 24.7 Å². The molecular formula is C15H19N3. The maximum Gasteiger partial charge on any atom is 0.132 e. The summed E-state index contributed by atoms with van der Waals surface area (Å²) in [4.78, 5) is 8.84. The van der Waals surface area contributed by atoms with Crippen LogP contribution in [0.2, 0.25) is 0 Å². The van der Waals surface area contributed by atoms with Crippen molar-refractivity contribution in [1.29, 1.82) is 0 Å². The van der Waals surface area contributed by atoms with E-state index in [1.54, 1.807) is 0 Å². The maximum absolute atomic E-state index is 5.54. The number of nitrogens with two attached hydrogens (primary N) is 1. The molecule has 2 aromatic rings. The fraction of sp³-hybridized carbons (Fsp3) is 0.333. The Hall–Kier alpha value is -1.74. The van der Waals surface area contributed by atoms with Crippen molar-refractivity contribution in [3.05, 3.63) is 58.7 Å². The topological polar surface area (TPSA) is 51.8 Å². The van der Waals surface area contributed by atoms with Gasteiger partial charge in [0.05, 0.1) is 0 Å². The standard InChI is InChI=1S/C15H19N3/c1-11-3-4-13(9-12(11)2)10-15-17-8-6-14(18-15)5-7-16/h3-4,6,8-9H,5,7,10,16H2,1-2H3. The molecule has 3 heteroatoms. The Morgan fingerprint density at radius 1 is 1.11 bits per heavy atom. The van der Waals surface area contributed by atoms with Gasteiger partial charge in [-0.1, -0.05) is 18.2 Å². The van der Waals surface area contributed by atoms with Crippen LogP contribution in [-0.4, -0.2) is 16.5 Å². The SMILES string of the molecule is Cc1ccc(Cc2nccc(CCN)n2)cc1C. The van der Waals surface area contributed by atoms with Gasteiger partial charge in [-0.05, 0) is 43.1 Å². The molecular weight excluding hydrogens is 222 g/mol. The third kappa shape index (κ3) is 3.14. The van der Waals surface area contributed by atoms with E-state index in [2.05, 4.69) is 42.0 Å². The molecule has 0 fully saturated rings. The summed E-state index contributed by atoms with van der Waals surface area (Å²) in [5.41, 5.74) is 10.4. The zero-order valence-electron chi connectivity index (χ0n) is 11.0. The summed E-state index contributed by atoms with van der Waals surface area (Å²) >= 11 is 0. The minimum Gasteiger partial charge on any atom is -0.330 e. The lowest BCUT2D eigenvalue weighted by Crippen LogP contribution is -2.06. The lowest BCUT2D eigenvalue weighted by Gasteiger charge is -2.05. The van der Waals surface area contributed by atoms with Crippen LogP contribution in [0.3, 0.4) is 0 Å². The molecule has 0 bridgehead atoms. The van der Waals surface area contributed by atoms with Crippen molar-refractivity contribution in [2.45, 2.75) is 26.7 Å². The lowest BCUT2D eigenvalue weighted by molar-refractivity contribution is 0.866. The minimum absolute atomic E-state index is 0.625. The van der Waals surface area contributed by atoms with Crippen LogP contribution >= 0.6 is 0 Å². The zero-order chi connectivity index (χ0) is 13.0. The molecule has 18 heavy (non-hydrogen) atoms. The van der Waals surface area contributed by atoms with Crippen LogP contribution in [0, 0.1) is 13.8 Å². The number of aryl methyl sites for hydroxylation is 2. The second-order valence-corrected chi connectivity index (χ2v) is 4.60. The van der Waals surface area contributed by atoms with Gasteiger partial charge in [-0.3, -0.25) is 0 Å². The molecule has 2 rings (SSSR count). The van der Waals surface area contributed by atoms with Crippen molar-refractivity contribution in [1.82, 2.24) is 9.97 Å². The van der Waals surface area contributed by atoms with Gasteiger partial charge < -0.3 is 5.73 Å². The van der Waals surface area contributed by atoms with Gasteiger partial charge in [-0.2, -0.15) is 0 Å². The van der Waals surface area contributed by atoms with Crippen molar-refractivity contribution in [3.63, 3.8) is 0 Å². The van der Waals surface area contributed by atoms with Gasteiger partial charge in [0.15, 0.2) is 0 Å². The Kier molecular flexibility index (Phi) is 4.05. The molecule has 0 saturated carbocycles. The van der Waals surface area contributed by atoms with E-state index in [9.17, 15) is 0 Å². The first kappa shape index (κ1) is 12.7. The van der Waals surface area contributed by atoms with Crippen molar-refractivity contribution < 1.29 is 0 Å². The average molecular weight is 241 g/mol. The number of benzene rings is 1. The fourth-order valence-corrected chi connectivity index (χ4v) is 1.91. The van der Waals surface area contributed by atoms with Crippen molar-refractivity contribution >= 4 is 0 Å². The summed E-state index contributed by atoms with van der Waals surface area (Å²) in [7, 11) is 0. The van der Waals surface area contributed by atoms with Crippen molar-refractivity contribution in [2.75, 3.05) is 6.54 Å². The largest absolute Gasteiger partial charge is 0.330 e. The first-order chi connectivity index (χ1) is 8.69. The molecule has 3 nitrogen and oxygen atoms in total. The van der Waals surface area contributed by atoms with E-state index < -0.39 is 0 Å². The number of nitrogens with zero attached hydrogens (tertiary/aromatic N) is 2. The van der Waals surface area contributed by atoms with Crippen molar-refractivity contribution in [3.8, 4) is 0 Å². The van der Waals surface area contributed by atoms with Crippen LogP contribution in [0.25, 0.3) is 0 Å². The molecule has 0 aliphatic carbocycles. The van der Waals surface area contributed by atoms with E-state index in [0.717, 1.165) is 24.4 Å². The lowest BCUT2D eigenvalue weighted by atomic mass is 10.0. The number of rotatable bonds is 4. The Morgan fingerprint density at radius 3 is 2.67 bits per heavy atom. The Morgan fingerprint density at radius 2 is 1.94 bits per heavy atom. The summed E-state index contributed by atoms with van der Waals surface area (Å²) in [6.07, 6.45) is 3.40. The Balaban J connectivity index is 2.17. The third-order valence-corrected chi connectivity index (χ3v) is 3.10. The summed E-state index contributed by atoms with van der Waals surface area (Å²) in [6, 6.07) is 8.42. The van der Waals surface area contributed by atoms with Gasteiger partial charge in [-0.25, -0.2) is 9.97 Å². The molecule has 0 unspecified atom stereocenters. The predicted octanol–water partition coefficient (Wildman–Crippen LogP) is 2.19. The van der Waals surface area contributed by atoms with Crippen LogP contribution in [0.5, 0.6) is 0 Å². The molecule has 0 amide bonds. The van der Waals surface area contributed by atoms with Gasteiger partial charge in [0.1, 0.15) is 5.82 Å².